The summed E-state index contributed by atoms with van der Waals surface area (Å²) in [6, 6.07) is 10.9. The zero-order valence-corrected chi connectivity index (χ0v) is 8.40. The molecule has 0 radical (unpaired) electrons. The van der Waals surface area contributed by atoms with E-state index in [1.807, 2.05) is 0 Å². The van der Waals surface area contributed by atoms with Crippen molar-refractivity contribution in [2.75, 3.05) is 20.6 Å². The standard InChI is InChI=1S/C12H17N/c1-13(2)9-11-8-12(11)10-6-4-3-5-7-10/h3-7,11-12H,8-9H2,1-2H3/t11?,12-/m0/s1. The summed E-state index contributed by atoms with van der Waals surface area (Å²) < 4.78 is 0. The van der Waals surface area contributed by atoms with Crippen molar-refractivity contribution in [2.45, 2.75) is 12.3 Å². The topological polar surface area (TPSA) is 3.24 Å². The van der Waals surface area contributed by atoms with Crippen LogP contribution in [0.3, 0.4) is 0 Å². The summed E-state index contributed by atoms with van der Waals surface area (Å²) in [5, 5.41) is 0. The van der Waals surface area contributed by atoms with Gasteiger partial charge in [-0.15, -0.1) is 0 Å². The minimum atomic E-state index is 0.837. The first-order valence-corrected chi connectivity index (χ1v) is 4.97. The molecule has 1 nitrogen and oxygen atoms in total. The largest absolute Gasteiger partial charge is 0.309 e. The Morgan fingerprint density at radius 1 is 1.23 bits per heavy atom. The van der Waals surface area contributed by atoms with Gasteiger partial charge >= 0.3 is 0 Å². The fraction of sp³-hybridized carbons (Fsp3) is 0.500. The van der Waals surface area contributed by atoms with E-state index >= 15 is 0 Å². The van der Waals surface area contributed by atoms with Gasteiger partial charge in [0.1, 0.15) is 0 Å². The quantitative estimate of drug-likeness (QED) is 0.681. The van der Waals surface area contributed by atoms with Crippen LogP contribution in [0.4, 0.5) is 0 Å². The normalized spacial score (nSPS) is 26.4. The predicted octanol–water partition coefficient (Wildman–Crippen LogP) is 2.35. The molecule has 1 aliphatic carbocycles. The van der Waals surface area contributed by atoms with E-state index in [1.165, 1.54) is 18.5 Å². The Morgan fingerprint density at radius 2 is 1.92 bits per heavy atom. The van der Waals surface area contributed by atoms with E-state index in [1.54, 1.807) is 0 Å². The van der Waals surface area contributed by atoms with Crippen molar-refractivity contribution in [1.82, 2.24) is 4.90 Å². The molecule has 2 rings (SSSR count). The Labute approximate surface area is 80.4 Å². The number of hydrogen-bond donors (Lipinski definition) is 0. The van der Waals surface area contributed by atoms with Gasteiger partial charge in [0.25, 0.3) is 0 Å². The zero-order chi connectivity index (χ0) is 9.26. The monoisotopic (exact) mass is 175 g/mol. The Balaban J connectivity index is 1.93. The maximum Gasteiger partial charge on any atom is 0.000963 e. The van der Waals surface area contributed by atoms with Crippen LogP contribution in [-0.4, -0.2) is 25.5 Å². The minimum absolute atomic E-state index is 0.837. The molecule has 1 saturated carbocycles. The highest BCUT2D eigenvalue weighted by molar-refractivity contribution is 5.25. The first-order chi connectivity index (χ1) is 6.27. The molecule has 70 valence electrons. The molecule has 1 aliphatic rings. The van der Waals surface area contributed by atoms with Gasteiger partial charge in [-0.05, 0) is 37.9 Å². The Kier molecular flexibility index (Phi) is 2.36. The lowest BCUT2D eigenvalue weighted by molar-refractivity contribution is 0.385. The van der Waals surface area contributed by atoms with Crippen LogP contribution in [0.5, 0.6) is 0 Å². The second kappa shape index (κ2) is 3.51. The molecule has 1 heteroatoms. The molecule has 0 heterocycles. The van der Waals surface area contributed by atoms with E-state index in [2.05, 4.69) is 49.3 Å². The number of nitrogens with zero attached hydrogens (tertiary/aromatic N) is 1. The molecule has 1 fully saturated rings. The minimum Gasteiger partial charge on any atom is -0.309 e. The van der Waals surface area contributed by atoms with Crippen molar-refractivity contribution in [1.29, 1.82) is 0 Å². The summed E-state index contributed by atoms with van der Waals surface area (Å²) in [6.45, 7) is 1.24. The zero-order valence-electron chi connectivity index (χ0n) is 8.40. The van der Waals surface area contributed by atoms with Gasteiger partial charge in [0.05, 0.1) is 0 Å². The Bertz CT molecular complexity index is 266. The molecule has 0 N–H and O–H groups in total. The maximum absolute atomic E-state index is 2.29. The molecule has 0 aliphatic heterocycles. The lowest BCUT2D eigenvalue weighted by atomic mass is 10.1. The van der Waals surface area contributed by atoms with Gasteiger partial charge in [-0.2, -0.15) is 0 Å². The average molecular weight is 175 g/mol. The number of hydrogen-bond acceptors (Lipinski definition) is 1. The van der Waals surface area contributed by atoms with Crippen molar-refractivity contribution < 1.29 is 0 Å². The van der Waals surface area contributed by atoms with E-state index in [-0.39, 0.29) is 0 Å². The molecule has 1 aromatic carbocycles. The van der Waals surface area contributed by atoms with E-state index in [4.69, 9.17) is 0 Å². The lowest BCUT2D eigenvalue weighted by Crippen LogP contribution is -2.15. The fourth-order valence-electron chi connectivity index (χ4n) is 2.03. The van der Waals surface area contributed by atoms with Gasteiger partial charge in [0, 0.05) is 6.54 Å². The van der Waals surface area contributed by atoms with Gasteiger partial charge in [0.15, 0.2) is 0 Å². The second-order valence-corrected chi connectivity index (χ2v) is 4.28. The van der Waals surface area contributed by atoms with Crippen molar-refractivity contribution in [3.63, 3.8) is 0 Å². The molecule has 0 saturated heterocycles. The van der Waals surface area contributed by atoms with Crippen LogP contribution in [0.2, 0.25) is 0 Å². The summed E-state index contributed by atoms with van der Waals surface area (Å²) in [6.07, 6.45) is 1.38. The lowest BCUT2D eigenvalue weighted by Gasteiger charge is -2.08. The van der Waals surface area contributed by atoms with Crippen LogP contribution in [-0.2, 0) is 0 Å². The van der Waals surface area contributed by atoms with Crippen LogP contribution >= 0.6 is 0 Å². The SMILES string of the molecule is CN(C)CC1C[C@H]1c1ccccc1. The van der Waals surface area contributed by atoms with Gasteiger partial charge in [-0.1, -0.05) is 30.3 Å². The predicted molar refractivity (Wildman–Crippen MR) is 55.8 cm³/mol. The number of benzene rings is 1. The van der Waals surface area contributed by atoms with Crippen LogP contribution in [0.1, 0.15) is 17.9 Å². The third-order valence-corrected chi connectivity index (χ3v) is 2.75. The van der Waals surface area contributed by atoms with Gasteiger partial charge in [0.2, 0.25) is 0 Å². The summed E-state index contributed by atoms with van der Waals surface area (Å²) in [5.74, 6) is 1.74. The highest BCUT2D eigenvalue weighted by Crippen LogP contribution is 2.47. The molecule has 13 heavy (non-hydrogen) atoms. The van der Waals surface area contributed by atoms with Gasteiger partial charge in [-0.3, -0.25) is 0 Å². The molecule has 1 aromatic rings. The highest BCUT2D eigenvalue weighted by atomic mass is 15.1. The fourth-order valence-corrected chi connectivity index (χ4v) is 2.03. The molecule has 0 amide bonds. The third kappa shape index (κ3) is 2.10. The molecular weight excluding hydrogens is 158 g/mol. The molecule has 1 unspecified atom stereocenters. The van der Waals surface area contributed by atoms with E-state index < -0.39 is 0 Å². The Hall–Kier alpha value is -0.820. The van der Waals surface area contributed by atoms with Crippen LogP contribution in [0.25, 0.3) is 0 Å². The van der Waals surface area contributed by atoms with Crippen LogP contribution in [0, 0.1) is 5.92 Å². The van der Waals surface area contributed by atoms with Crippen molar-refractivity contribution >= 4 is 0 Å². The first kappa shape index (κ1) is 8.76. The molecular formula is C12H17N. The smallest absolute Gasteiger partial charge is 0.000963 e. The van der Waals surface area contributed by atoms with Gasteiger partial charge in [-0.25, -0.2) is 0 Å². The highest BCUT2D eigenvalue weighted by Gasteiger charge is 2.37. The molecule has 0 bridgehead atoms. The van der Waals surface area contributed by atoms with Crippen LogP contribution < -0.4 is 0 Å². The number of rotatable bonds is 3. The van der Waals surface area contributed by atoms with Crippen molar-refractivity contribution in [3.05, 3.63) is 35.9 Å². The first-order valence-electron chi connectivity index (χ1n) is 4.97. The molecule has 2 atom stereocenters. The van der Waals surface area contributed by atoms with Gasteiger partial charge < -0.3 is 4.90 Å². The second-order valence-electron chi connectivity index (χ2n) is 4.28. The average Bonchev–Trinajstić information content (AvgIpc) is 2.84. The molecule has 0 spiro atoms. The summed E-state index contributed by atoms with van der Waals surface area (Å²) >= 11 is 0. The summed E-state index contributed by atoms with van der Waals surface area (Å²) in [4.78, 5) is 2.29. The van der Waals surface area contributed by atoms with Crippen LogP contribution in [0.15, 0.2) is 30.3 Å². The Morgan fingerprint density at radius 3 is 2.54 bits per heavy atom. The third-order valence-electron chi connectivity index (χ3n) is 2.75. The molecule has 0 aromatic heterocycles. The van der Waals surface area contributed by atoms with E-state index in [0.717, 1.165) is 11.8 Å². The van der Waals surface area contributed by atoms with E-state index in [9.17, 15) is 0 Å². The van der Waals surface area contributed by atoms with Crippen molar-refractivity contribution in [3.8, 4) is 0 Å². The summed E-state index contributed by atoms with van der Waals surface area (Å²) in [7, 11) is 4.31. The van der Waals surface area contributed by atoms with E-state index in [0.29, 0.717) is 0 Å². The maximum atomic E-state index is 2.29. The summed E-state index contributed by atoms with van der Waals surface area (Å²) in [5.41, 5.74) is 1.52. The van der Waals surface area contributed by atoms with Crippen molar-refractivity contribution in [2.24, 2.45) is 5.92 Å².